The van der Waals surface area contributed by atoms with Crippen molar-refractivity contribution < 1.29 is 4.74 Å². The van der Waals surface area contributed by atoms with E-state index >= 15 is 0 Å². The number of hydrogen-bond acceptors (Lipinski definition) is 5. The Labute approximate surface area is 118 Å². The quantitative estimate of drug-likeness (QED) is 0.819. The minimum Gasteiger partial charge on any atom is -0.492 e. The maximum absolute atomic E-state index is 5.99. The predicted molar refractivity (Wildman–Crippen MR) is 78.3 cm³/mol. The van der Waals surface area contributed by atoms with Crippen LogP contribution in [0.5, 0.6) is 5.75 Å². The fraction of sp³-hybridized carbons (Fsp3) is 0.500. The highest BCUT2D eigenvalue weighted by Crippen LogP contribution is 2.27. The molecule has 0 radical (unpaired) electrons. The minimum absolute atomic E-state index is 0.525. The second kappa shape index (κ2) is 6.36. The third-order valence-electron chi connectivity index (χ3n) is 3.28. The minimum atomic E-state index is 0.525. The van der Waals surface area contributed by atoms with Gasteiger partial charge >= 0.3 is 0 Å². The van der Waals surface area contributed by atoms with Crippen molar-refractivity contribution in [2.24, 2.45) is 5.92 Å². The summed E-state index contributed by atoms with van der Waals surface area (Å²) >= 11 is 0. The lowest BCUT2D eigenvalue weighted by Gasteiger charge is -2.11. The SMILES string of the molecule is CCOc1ccc(-c2nnnn2CC(C)CC)cc1N. The summed E-state index contributed by atoms with van der Waals surface area (Å²) in [7, 11) is 0. The molecule has 2 aromatic rings. The molecule has 6 heteroatoms. The number of hydrogen-bond donors (Lipinski definition) is 1. The summed E-state index contributed by atoms with van der Waals surface area (Å²) < 4.78 is 7.26. The fourth-order valence-electron chi connectivity index (χ4n) is 1.93. The summed E-state index contributed by atoms with van der Waals surface area (Å²) in [6.07, 6.45) is 1.09. The van der Waals surface area contributed by atoms with Gasteiger partial charge in [-0.1, -0.05) is 20.3 Å². The molecular weight excluding hydrogens is 254 g/mol. The highest BCUT2D eigenvalue weighted by molar-refractivity contribution is 5.66. The molecule has 6 nitrogen and oxygen atoms in total. The van der Waals surface area contributed by atoms with Gasteiger partial charge in [0.1, 0.15) is 5.75 Å². The molecule has 0 fully saturated rings. The summed E-state index contributed by atoms with van der Waals surface area (Å²) in [4.78, 5) is 0. The van der Waals surface area contributed by atoms with Crippen molar-refractivity contribution >= 4 is 5.69 Å². The number of benzene rings is 1. The van der Waals surface area contributed by atoms with Crippen LogP contribution in [0.1, 0.15) is 27.2 Å². The topological polar surface area (TPSA) is 78.9 Å². The molecule has 0 aliphatic carbocycles. The monoisotopic (exact) mass is 275 g/mol. The number of anilines is 1. The molecule has 0 spiro atoms. The number of nitrogens with zero attached hydrogens (tertiary/aromatic N) is 4. The zero-order chi connectivity index (χ0) is 14.5. The normalized spacial score (nSPS) is 12.3. The van der Waals surface area contributed by atoms with E-state index in [4.69, 9.17) is 10.5 Å². The number of aromatic nitrogens is 4. The molecular formula is C14H21N5O. The highest BCUT2D eigenvalue weighted by atomic mass is 16.5. The van der Waals surface area contributed by atoms with Gasteiger partial charge in [-0.15, -0.1) is 5.10 Å². The van der Waals surface area contributed by atoms with Crippen LogP contribution in [0.15, 0.2) is 18.2 Å². The summed E-state index contributed by atoms with van der Waals surface area (Å²) in [6.45, 7) is 7.66. The van der Waals surface area contributed by atoms with E-state index in [-0.39, 0.29) is 0 Å². The molecule has 20 heavy (non-hydrogen) atoms. The maximum atomic E-state index is 5.99. The van der Waals surface area contributed by atoms with Gasteiger partial charge in [0.05, 0.1) is 12.3 Å². The van der Waals surface area contributed by atoms with Crippen molar-refractivity contribution in [3.05, 3.63) is 18.2 Å². The number of nitrogens with two attached hydrogens (primary N) is 1. The van der Waals surface area contributed by atoms with E-state index in [1.165, 1.54) is 0 Å². The van der Waals surface area contributed by atoms with E-state index in [0.29, 0.717) is 24.0 Å². The van der Waals surface area contributed by atoms with Gasteiger partial charge in [0.25, 0.3) is 0 Å². The molecule has 1 aromatic heterocycles. The van der Waals surface area contributed by atoms with Gasteiger partial charge in [-0.3, -0.25) is 0 Å². The first-order valence-electron chi connectivity index (χ1n) is 6.94. The van der Waals surface area contributed by atoms with Crippen molar-refractivity contribution in [3.63, 3.8) is 0 Å². The van der Waals surface area contributed by atoms with Gasteiger partial charge in [0, 0.05) is 12.1 Å². The average Bonchev–Trinajstić information content (AvgIpc) is 2.89. The molecule has 0 saturated heterocycles. The molecule has 1 aromatic carbocycles. The van der Waals surface area contributed by atoms with Crippen LogP contribution < -0.4 is 10.5 Å². The van der Waals surface area contributed by atoms with Crippen molar-refractivity contribution in [1.82, 2.24) is 20.2 Å². The second-order valence-electron chi connectivity index (χ2n) is 4.88. The smallest absolute Gasteiger partial charge is 0.182 e. The molecule has 0 aliphatic rings. The third-order valence-corrected chi connectivity index (χ3v) is 3.28. The Kier molecular flexibility index (Phi) is 4.55. The number of ether oxygens (including phenoxy) is 1. The lowest BCUT2D eigenvalue weighted by molar-refractivity contribution is 0.342. The molecule has 0 bridgehead atoms. The number of nitrogen functional groups attached to an aromatic ring is 1. The summed E-state index contributed by atoms with van der Waals surface area (Å²) in [5.41, 5.74) is 7.49. The predicted octanol–water partition coefficient (Wildman–Crippen LogP) is 2.37. The molecule has 1 atom stereocenters. The van der Waals surface area contributed by atoms with E-state index in [2.05, 4.69) is 29.4 Å². The molecule has 2 rings (SSSR count). The molecule has 0 saturated carbocycles. The lowest BCUT2D eigenvalue weighted by atomic mass is 10.1. The first-order chi connectivity index (χ1) is 9.65. The van der Waals surface area contributed by atoms with Crippen LogP contribution in [0.2, 0.25) is 0 Å². The van der Waals surface area contributed by atoms with E-state index < -0.39 is 0 Å². The Morgan fingerprint density at radius 3 is 2.80 bits per heavy atom. The van der Waals surface area contributed by atoms with E-state index in [1.54, 1.807) is 0 Å². The standard InChI is InChI=1S/C14H21N5O/c1-4-10(3)9-19-14(16-17-18-19)11-6-7-13(20-5-2)12(15)8-11/h6-8,10H,4-5,9,15H2,1-3H3. The van der Waals surface area contributed by atoms with Crippen LogP contribution in [0.3, 0.4) is 0 Å². The van der Waals surface area contributed by atoms with Crippen molar-refractivity contribution in [3.8, 4) is 17.1 Å². The molecule has 0 aliphatic heterocycles. The van der Waals surface area contributed by atoms with Crippen LogP contribution in [0, 0.1) is 5.92 Å². The Balaban J connectivity index is 2.28. The molecule has 108 valence electrons. The molecule has 1 heterocycles. The van der Waals surface area contributed by atoms with Crippen molar-refractivity contribution in [2.75, 3.05) is 12.3 Å². The second-order valence-corrected chi connectivity index (χ2v) is 4.88. The molecule has 0 amide bonds. The molecule has 1 unspecified atom stereocenters. The van der Waals surface area contributed by atoms with E-state index in [9.17, 15) is 0 Å². The summed E-state index contributed by atoms with van der Waals surface area (Å²) in [5.74, 6) is 1.95. The highest BCUT2D eigenvalue weighted by Gasteiger charge is 2.12. The van der Waals surface area contributed by atoms with Crippen LogP contribution in [0.4, 0.5) is 5.69 Å². The van der Waals surface area contributed by atoms with Gasteiger partial charge in [0.15, 0.2) is 5.82 Å². The van der Waals surface area contributed by atoms with Gasteiger partial charge in [0.2, 0.25) is 0 Å². The first kappa shape index (κ1) is 14.3. The Morgan fingerprint density at radius 1 is 1.35 bits per heavy atom. The van der Waals surface area contributed by atoms with Crippen LogP contribution >= 0.6 is 0 Å². The maximum Gasteiger partial charge on any atom is 0.182 e. The Bertz CT molecular complexity index is 566. The van der Waals surface area contributed by atoms with E-state index in [0.717, 1.165) is 24.4 Å². The van der Waals surface area contributed by atoms with Crippen LogP contribution in [-0.4, -0.2) is 26.8 Å². The largest absolute Gasteiger partial charge is 0.492 e. The zero-order valence-electron chi connectivity index (χ0n) is 12.2. The van der Waals surface area contributed by atoms with Crippen LogP contribution in [0.25, 0.3) is 11.4 Å². The average molecular weight is 275 g/mol. The van der Waals surface area contributed by atoms with E-state index in [1.807, 2.05) is 29.8 Å². The molecule has 2 N–H and O–H groups in total. The lowest BCUT2D eigenvalue weighted by Crippen LogP contribution is -2.10. The Hall–Kier alpha value is -2.11. The van der Waals surface area contributed by atoms with Gasteiger partial charge in [-0.2, -0.15) is 0 Å². The fourth-order valence-corrected chi connectivity index (χ4v) is 1.93. The first-order valence-corrected chi connectivity index (χ1v) is 6.94. The number of tetrazole rings is 1. The van der Waals surface area contributed by atoms with Gasteiger partial charge in [-0.25, -0.2) is 4.68 Å². The summed E-state index contributed by atoms with van der Waals surface area (Å²) in [6, 6.07) is 5.64. The third kappa shape index (κ3) is 3.07. The zero-order valence-corrected chi connectivity index (χ0v) is 12.2. The van der Waals surface area contributed by atoms with Crippen molar-refractivity contribution in [1.29, 1.82) is 0 Å². The van der Waals surface area contributed by atoms with Gasteiger partial charge in [-0.05, 0) is 41.5 Å². The summed E-state index contributed by atoms with van der Waals surface area (Å²) in [5, 5.41) is 11.9. The van der Waals surface area contributed by atoms with Crippen molar-refractivity contribution in [2.45, 2.75) is 33.7 Å². The van der Waals surface area contributed by atoms with Crippen LogP contribution in [-0.2, 0) is 6.54 Å². The Morgan fingerprint density at radius 2 is 2.15 bits per heavy atom. The number of rotatable bonds is 6. The van der Waals surface area contributed by atoms with Gasteiger partial charge < -0.3 is 10.5 Å².